The number of nitrogens with zero attached hydrogens (tertiary/aromatic N) is 2. The van der Waals surface area contributed by atoms with Gasteiger partial charge in [0, 0.05) is 18.0 Å². The zero-order chi connectivity index (χ0) is 17.2. The van der Waals surface area contributed by atoms with E-state index in [9.17, 15) is 18.0 Å². The highest BCUT2D eigenvalue weighted by Crippen LogP contribution is 2.26. The molecule has 0 amide bonds. The van der Waals surface area contributed by atoms with Crippen molar-refractivity contribution in [3.63, 3.8) is 0 Å². The van der Waals surface area contributed by atoms with Crippen LogP contribution in [0.3, 0.4) is 0 Å². The molecule has 0 unspecified atom stereocenters. The normalized spacial score (nSPS) is 12.5. The molecule has 0 atom stereocenters. The van der Waals surface area contributed by atoms with Gasteiger partial charge < -0.3 is 10.1 Å². The number of thiophene rings is 1. The van der Waals surface area contributed by atoms with E-state index in [2.05, 4.69) is 9.97 Å². The maximum absolute atomic E-state index is 12.6. The van der Waals surface area contributed by atoms with Crippen LogP contribution in [-0.4, -0.2) is 45.8 Å². The second kappa shape index (κ2) is 6.98. The summed E-state index contributed by atoms with van der Waals surface area (Å²) in [5.74, 6) is 0.200. The Morgan fingerprint density at radius 3 is 2.65 bits per heavy atom. The Kier molecular flexibility index (Phi) is 5.43. The second-order valence-corrected chi connectivity index (χ2v) is 6.58. The molecule has 128 valence electrons. The van der Waals surface area contributed by atoms with E-state index in [1.807, 2.05) is 13.8 Å². The van der Waals surface area contributed by atoms with Crippen molar-refractivity contribution in [1.82, 2.24) is 14.9 Å². The third kappa shape index (κ3) is 4.52. The molecule has 0 aromatic carbocycles. The summed E-state index contributed by atoms with van der Waals surface area (Å²) in [4.78, 5) is 21.6. The number of aromatic amines is 1. The lowest BCUT2D eigenvalue weighted by Crippen LogP contribution is -2.35. The minimum atomic E-state index is -4.35. The third-order valence-electron chi connectivity index (χ3n) is 3.50. The summed E-state index contributed by atoms with van der Waals surface area (Å²) < 4.78 is 37.9. The molecule has 2 N–H and O–H groups in total. The number of aliphatic hydroxyl groups excluding tert-OH is 1. The number of halogens is 3. The molecule has 9 heteroatoms. The molecule has 0 bridgehead atoms. The van der Waals surface area contributed by atoms with Crippen LogP contribution < -0.4 is 5.56 Å². The summed E-state index contributed by atoms with van der Waals surface area (Å²) in [5.41, 5.74) is 0.513. The standard InChI is InChI=1S/C14H18F3N3O2S/c1-8-9(2)23-13-11(8)12(22)18-10(19-13)6-20(4-3-5-21)7-14(15,16)17/h21H,3-7H2,1-2H3,(H,18,19,22). The molecule has 2 rings (SSSR count). The number of rotatable bonds is 6. The molecule has 0 radical (unpaired) electrons. The number of hydrogen-bond donors (Lipinski definition) is 2. The fraction of sp³-hybridized carbons (Fsp3) is 0.571. The van der Waals surface area contributed by atoms with Crippen LogP contribution in [0.1, 0.15) is 22.7 Å². The largest absolute Gasteiger partial charge is 0.401 e. The van der Waals surface area contributed by atoms with Gasteiger partial charge in [0.2, 0.25) is 0 Å². The molecule has 2 aromatic rings. The molecule has 0 saturated heterocycles. The summed E-state index contributed by atoms with van der Waals surface area (Å²) in [5, 5.41) is 9.31. The Morgan fingerprint density at radius 2 is 2.04 bits per heavy atom. The predicted molar refractivity (Wildman–Crippen MR) is 82.7 cm³/mol. The summed E-state index contributed by atoms with van der Waals surface area (Å²) in [7, 11) is 0. The Balaban J connectivity index is 2.28. The minimum Gasteiger partial charge on any atom is -0.396 e. The lowest BCUT2D eigenvalue weighted by molar-refractivity contribution is -0.147. The van der Waals surface area contributed by atoms with Crippen molar-refractivity contribution in [2.45, 2.75) is 33.0 Å². The maximum Gasteiger partial charge on any atom is 0.401 e. The predicted octanol–water partition coefficient (Wildman–Crippen LogP) is 2.35. The van der Waals surface area contributed by atoms with Gasteiger partial charge >= 0.3 is 6.18 Å². The van der Waals surface area contributed by atoms with E-state index in [1.54, 1.807) is 0 Å². The Hall–Kier alpha value is -1.45. The molecule has 0 aliphatic heterocycles. The van der Waals surface area contributed by atoms with Crippen molar-refractivity contribution in [3.8, 4) is 0 Å². The first-order valence-electron chi connectivity index (χ1n) is 7.10. The molecular formula is C14H18F3N3O2S. The van der Waals surface area contributed by atoms with E-state index in [0.29, 0.717) is 10.2 Å². The molecular weight excluding hydrogens is 331 g/mol. The Bertz CT molecular complexity index is 739. The zero-order valence-electron chi connectivity index (χ0n) is 12.8. The minimum absolute atomic E-state index is 0.0697. The lowest BCUT2D eigenvalue weighted by atomic mass is 10.2. The summed E-state index contributed by atoms with van der Waals surface area (Å²) in [6, 6.07) is 0. The smallest absolute Gasteiger partial charge is 0.396 e. The van der Waals surface area contributed by atoms with E-state index in [0.717, 1.165) is 15.3 Å². The van der Waals surface area contributed by atoms with Crippen molar-refractivity contribution in [2.24, 2.45) is 0 Å². The molecule has 5 nitrogen and oxygen atoms in total. The Morgan fingerprint density at radius 1 is 1.35 bits per heavy atom. The monoisotopic (exact) mass is 349 g/mol. The highest BCUT2D eigenvalue weighted by atomic mass is 32.1. The molecule has 0 aliphatic rings. The van der Waals surface area contributed by atoms with Gasteiger partial charge in [0.25, 0.3) is 5.56 Å². The second-order valence-electron chi connectivity index (χ2n) is 5.38. The molecule has 0 spiro atoms. The van der Waals surface area contributed by atoms with Gasteiger partial charge in [0.1, 0.15) is 10.7 Å². The van der Waals surface area contributed by atoms with Crippen LogP contribution in [0.15, 0.2) is 4.79 Å². The number of aryl methyl sites for hydroxylation is 2. The average Bonchev–Trinajstić information content (AvgIpc) is 2.70. The number of fused-ring (bicyclic) bond motifs is 1. The van der Waals surface area contributed by atoms with Crippen LogP contribution in [-0.2, 0) is 6.54 Å². The molecule has 0 saturated carbocycles. The van der Waals surface area contributed by atoms with Gasteiger partial charge in [0.05, 0.1) is 18.5 Å². The van der Waals surface area contributed by atoms with Crippen molar-refractivity contribution in [1.29, 1.82) is 0 Å². The van der Waals surface area contributed by atoms with Crippen LogP contribution >= 0.6 is 11.3 Å². The average molecular weight is 349 g/mol. The van der Waals surface area contributed by atoms with Gasteiger partial charge in [-0.15, -0.1) is 11.3 Å². The van der Waals surface area contributed by atoms with E-state index < -0.39 is 12.7 Å². The van der Waals surface area contributed by atoms with Crippen LogP contribution in [0, 0.1) is 13.8 Å². The summed E-state index contributed by atoms with van der Waals surface area (Å²) in [6.45, 7) is 2.33. The fourth-order valence-corrected chi connectivity index (χ4v) is 3.40. The van der Waals surface area contributed by atoms with Gasteiger partial charge in [-0.2, -0.15) is 13.2 Å². The topological polar surface area (TPSA) is 69.2 Å². The third-order valence-corrected chi connectivity index (χ3v) is 4.60. The highest BCUT2D eigenvalue weighted by molar-refractivity contribution is 7.18. The first-order valence-corrected chi connectivity index (χ1v) is 7.92. The van der Waals surface area contributed by atoms with Crippen molar-refractivity contribution in [3.05, 3.63) is 26.6 Å². The SMILES string of the molecule is Cc1sc2nc(CN(CCCO)CC(F)(F)F)[nH]c(=O)c2c1C. The quantitative estimate of drug-likeness (QED) is 0.840. The molecule has 2 aromatic heterocycles. The van der Waals surface area contributed by atoms with Gasteiger partial charge in [0.15, 0.2) is 0 Å². The summed E-state index contributed by atoms with van der Waals surface area (Å²) in [6.07, 6.45) is -4.13. The molecule has 0 fully saturated rings. The van der Waals surface area contributed by atoms with Crippen LogP contribution in [0.5, 0.6) is 0 Å². The maximum atomic E-state index is 12.6. The van der Waals surface area contributed by atoms with Gasteiger partial charge in [-0.1, -0.05) is 0 Å². The van der Waals surface area contributed by atoms with E-state index in [4.69, 9.17) is 5.11 Å². The van der Waals surface area contributed by atoms with Crippen LogP contribution in [0.2, 0.25) is 0 Å². The number of H-pyrrole nitrogens is 1. The van der Waals surface area contributed by atoms with E-state index in [1.165, 1.54) is 11.3 Å². The number of aromatic nitrogens is 2. The lowest BCUT2D eigenvalue weighted by Gasteiger charge is -2.22. The van der Waals surface area contributed by atoms with Crippen molar-refractivity contribution >= 4 is 21.6 Å². The first-order chi connectivity index (χ1) is 10.7. The van der Waals surface area contributed by atoms with E-state index >= 15 is 0 Å². The summed E-state index contributed by atoms with van der Waals surface area (Å²) >= 11 is 1.35. The zero-order valence-corrected chi connectivity index (χ0v) is 13.6. The molecule has 2 heterocycles. The van der Waals surface area contributed by atoms with Gasteiger partial charge in [-0.25, -0.2) is 4.98 Å². The van der Waals surface area contributed by atoms with Crippen LogP contribution in [0.25, 0.3) is 10.2 Å². The number of hydrogen-bond acceptors (Lipinski definition) is 5. The van der Waals surface area contributed by atoms with Gasteiger partial charge in [-0.3, -0.25) is 9.69 Å². The first kappa shape index (κ1) is 17.9. The van der Waals surface area contributed by atoms with Gasteiger partial charge in [-0.05, 0) is 25.8 Å². The number of alkyl halides is 3. The number of aliphatic hydroxyl groups is 1. The molecule has 23 heavy (non-hydrogen) atoms. The fourth-order valence-electron chi connectivity index (χ4n) is 2.35. The van der Waals surface area contributed by atoms with E-state index in [-0.39, 0.29) is 37.5 Å². The van der Waals surface area contributed by atoms with Crippen molar-refractivity contribution < 1.29 is 18.3 Å². The Labute approximate surface area is 134 Å². The highest BCUT2D eigenvalue weighted by Gasteiger charge is 2.30. The van der Waals surface area contributed by atoms with Crippen LogP contribution in [0.4, 0.5) is 13.2 Å². The van der Waals surface area contributed by atoms with Crippen molar-refractivity contribution in [2.75, 3.05) is 19.7 Å². The number of nitrogens with one attached hydrogen (secondary N) is 1. The molecule has 0 aliphatic carbocycles.